The van der Waals surface area contributed by atoms with Crippen molar-refractivity contribution in [3.8, 4) is 11.3 Å². The maximum Gasteiger partial charge on any atom is 0.156 e. The topological polar surface area (TPSA) is 48.2 Å². The fourth-order valence-corrected chi connectivity index (χ4v) is 1.48. The van der Waals surface area contributed by atoms with Crippen LogP contribution in [0.1, 0.15) is 12.7 Å². The van der Waals surface area contributed by atoms with Crippen molar-refractivity contribution in [3.63, 3.8) is 0 Å². The van der Waals surface area contributed by atoms with Gasteiger partial charge in [0, 0.05) is 18.2 Å². The van der Waals surface area contributed by atoms with Crippen molar-refractivity contribution in [2.75, 3.05) is 6.61 Å². The lowest BCUT2D eigenvalue weighted by molar-refractivity contribution is 0.128. The molecule has 0 amide bonds. The molecule has 0 aliphatic heterocycles. The highest BCUT2D eigenvalue weighted by atomic mass is 35.5. The van der Waals surface area contributed by atoms with Gasteiger partial charge in [0.15, 0.2) is 5.82 Å². The van der Waals surface area contributed by atoms with E-state index in [1.165, 1.54) is 0 Å². The van der Waals surface area contributed by atoms with E-state index in [0.29, 0.717) is 24.2 Å². The van der Waals surface area contributed by atoms with E-state index >= 15 is 0 Å². The number of hydrogen-bond acceptors (Lipinski definition) is 4. The summed E-state index contributed by atoms with van der Waals surface area (Å²) in [6, 6.07) is 3.52. The van der Waals surface area contributed by atoms with Gasteiger partial charge in [-0.1, -0.05) is 11.6 Å². The van der Waals surface area contributed by atoms with Gasteiger partial charge in [-0.15, -0.1) is 0 Å². The Morgan fingerprint density at radius 2 is 2.31 bits per heavy atom. The standard InChI is InChI=1S/C11H11ClN2O2/c1-2-15-7-11-13-9(5-10(12)14-11)8-3-4-16-6-8/h3-6H,2,7H2,1H3. The molecular weight excluding hydrogens is 228 g/mol. The van der Waals surface area contributed by atoms with Gasteiger partial charge in [-0.3, -0.25) is 0 Å². The first-order valence-corrected chi connectivity index (χ1v) is 5.31. The molecule has 0 fully saturated rings. The van der Waals surface area contributed by atoms with Gasteiger partial charge in [-0.2, -0.15) is 0 Å². The minimum Gasteiger partial charge on any atom is -0.472 e. The summed E-state index contributed by atoms with van der Waals surface area (Å²) in [5.74, 6) is 0.575. The molecular formula is C11H11ClN2O2. The van der Waals surface area contributed by atoms with Crippen molar-refractivity contribution in [2.45, 2.75) is 13.5 Å². The predicted molar refractivity (Wildman–Crippen MR) is 60.1 cm³/mol. The molecule has 0 N–H and O–H groups in total. The van der Waals surface area contributed by atoms with E-state index in [0.717, 1.165) is 11.3 Å². The molecule has 0 aliphatic rings. The average molecular weight is 239 g/mol. The molecule has 0 unspecified atom stereocenters. The normalized spacial score (nSPS) is 10.6. The maximum absolute atomic E-state index is 5.91. The van der Waals surface area contributed by atoms with Gasteiger partial charge in [0.05, 0.1) is 18.2 Å². The van der Waals surface area contributed by atoms with Gasteiger partial charge < -0.3 is 9.15 Å². The highest BCUT2D eigenvalue weighted by Crippen LogP contribution is 2.20. The summed E-state index contributed by atoms with van der Waals surface area (Å²) in [6.45, 7) is 2.90. The van der Waals surface area contributed by atoms with E-state index in [-0.39, 0.29) is 0 Å². The van der Waals surface area contributed by atoms with Crippen LogP contribution in [-0.4, -0.2) is 16.6 Å². The van der Waals surface area contributed by atoms with Crippen molar-refractivity contribution in [2.24, 2.45) is 0 Å². The summed E-state index contributed by atoms with van der Waals surface area (Å²) in [5.41, 5.74) is 1.62. The zero-order valence-electron chi connectivity index (χ0n) is 8.81. The highest BCUT2D eigenvalue weighted by molar-refractivity contribution is 6.29. The highest BCUT2D eigenvalue weighted by Gasteiger charge is 2.06. The fraction of sp³-hybridized carbons (Fsp3) is 0.273. The summed E-state index contributed by atoms with van der Waals surface area (Å²) < 4.78 is 10.2. The van der Waals surface area contributed by atoms with Gasteiger partial charge in [-0.05, 0) is 13.0 Å². The number of ether oxygens (including phenoxy) is 1. The second kappa shape index (κ2) is 5.09. The molecule has 0 aromatic carbocycles. The quantitative estimate of drug-likeness (QED) is 0.769. The fourth-order valence-electron chi connectivity index (χ4n) is 1.28. The van der Waals surface area contributed by atoms with Gasteiger partial charge >= 0.3 is 0 Å². The Bertz CT molecular complexity index is 457. The van der Waals surface area contributed by atoms with E-state index < -0.39 is 0 Å². The molecule has 2 aromatic heterocycles. The monoisotopic (exact) mass is 238 g/mol. The van der Waals surface area contributed by atoms with Gasteiger partial charge in [0.1, 0.15) is 11.8 Å². The minimum atomic E-state index is 0.363. The first-order valence-electron chi connectivity index (χ1n) is 4.93. The number of nitrogens with zero attached hydrogens (tertiary/aromatic N) is 2. The Balaban J connectivity index is 2.29. The second-order valence-electron chi connectivity index (χ2n) is 3.14. The number of hydrogen-bond donors (Lipinski definition) is 0. The lowest BCUT2D eigenvalue weighted by Gasteiger charge is -2.03. The number of furan rings is 1. The van der Waals surface area contributed by atoms with Crippen LogP contribution in [0, 0.1) is 0 Å². The van der Waals surface area contributed by atoms with Crippen LogP contribution in [0.25, 0.3) is 11.3 Å². The van der Waals surface area contributed by atoms with Crippen molar-refractivity contribution >= 4 is 11.6 Å². The molecule has 2 aromatic rings. The van der Waals surface area contributed by atoms with E-state index in [1.807, 2.05) is 13.0 Å². The molecule has 0 radical (unpaired) electrons. The van der Waals surface area contributed by atoms with Crippen LogP contribution < -0.4 is 0 Å². The smallest absolute Gasteiger partial charge is 0.156 e. The maximum atomic E-state index is 5.91. The molecule has 2 rings (SSSR count). The lowest BCUT2D eigenvalue weighted by atomic mass is 10.2. The van der Waals surface area contributed by atoms with Gasteiger partial charge in [0.25, 0.3) is 0 Å². The van der Waals surface area contributed by atoms with E-state index in [2.05, 4.69) is 9.97 Å². The molecule has 0 saturated carbocycles. The summed E-state index contributed by atoms with van der Waals surface area (Å²) in [7, 11) is 0. The Morgan fingerprint density at radius 1 is 1.44 bits per heavy atom. The molecule has 0 bridgehead atoms. The van der Waals surface area contributed by atoms with Gasteiger partial charge in [-0.25, -0.2) is 9.97 Å². The third kappa shape index (κ3) is 2.59. The minimum absolute atomic E-state index is 0.363. The summed E-state index contributed by atoms with van der Waals surface area (Å²) >= 11 is 5.91. The van der Waals surface area contributed by atoms with Gasteiger partial charge in [0.2, 0.25) is 0 Å². The number of rotatable bonds is 4. The predicted octanol–water partition coefficient (Wildman–Crippen LogP) is 2.93. The number of halogens is 1. The first-order chi connectivity index (χ1) is 7.79. The first kappa shape index (κ1) is 11.1. The molecule has 0 aliphatic carbocycles. The molecule has 2 heterocycles. The SMILES string of the molecule is CCOCc1nc(Cl)cc(-c2ccoc2)n1. The summed E-state index contributed by atoms with van der Waals surface area (Å²) in [5, 5.41) is 0.404. The van der Waals surface area contributed by atoms with Crippen LogP contribution in [0.4, 0.5) is 0 Å². The van der Waals surface area contributed by atoms with E-state index in [9.17, 15) is 0 Å². The summed E-state index contributed by atoms with van der Waals surface area (Å²) in [6.07, 6.45) is 3.21. The van der Waals surface area contributed by atoms with Crippen LogP contribution in [0.5, 0.6) is 0 Å². The second-order valence-corrected chi connectivity index (χ2v) is 3.53. The molecule has 0 atom stereocenters. The Morgan fingerprint density at radius 3 is 3.00 bits per heavy atom. The molecule has 0 saturated heterocycles. The largest absolute Gasteiger partial charge is 0.472 e. The van der Waals surface area contributed by atoms with E-state index in [4.69, 9.17) is 20.8 Å². The zero-order valence-corrected chi connectivity index (χ0v) is 9.57. The van der Waals surface area contributed by atoms with Crippen molar-refractivity contribution in [1.29, 1.82) is 0 Å². The summed E-state index contributed by atoms with van der Waals surface area (Å²) in [4.78, 5) is 8.41. The van der Waals surface area contributed by atoms with Crippen LogP contribution in [0.3, 0.4) is 0 Å². The van der Waals surface area contributed by atoms with Crippen LogP contribution in [0.2, 0.25) is 5.15 Å². The Labute approximate surface area is 98.2 Å². The molecule has 0 spiro atoms. The molecule has 4 nitrogen and oxygen atoms in total. The average Bonchev–Trinajstić information content (AvgIpc) is 2.79. The van der Waals surface area contributed by atoms with Crippen LogP contribution >= 0.6 is 11.6 Å². The molecule has 16 heavy (non-hydrogen) atoms. The number of aromatic nitrogens is 2. The van der Waals surface area contributed by atoms with Crippen molar-refractivity contribution in [3.05, 3.63) is 35.6 Å². The van der Waals surface area contributed by atoms with Crippen molar-refractivity contribution in [1.82, 2.24) is 9.97 Å². The lowest BCUT2D eigenvalue weighted by Crippen LogP contribution is -2.00. The third-order valence-corrected chi connectivity index (χ3v) is 2.19. The van der Waals surface area contributed by atoms with Crippen molar-refractivity contribution < 1.29 is 9.15 Å². The molecule has 84 valence electrons. The Kier molecular flexibility index (Phi) is 3.54. The Hall–Kier alpha value is -1.39. The van der Waals surface area contributed by atoms with E-state index in [1.54, 1.807) is 18.6 Å². The van der Waals surface area contributed by atoms with Crippen LogP contribution in [0.15, 0.2) is 29.1 Å². The zero-order chi connectivity index (χ0) is 11.4. The third-order valence-electron chi connectivity index (χ3n) is 1.99. The molecule has 5 heteroatoms. The van der Waals surface area contributed by atoms with Crippen LogP contribution in [-0.2, 0) is 11.3 Å².